The molecule has 3 N–H and O–H groups in total. The van der Waals surface area contributed by atoms with Crippen molar-refractivity contribution in [3.05, 3.63) is 0 Å². The maximum absolute atomic E-state index is 11.9. The van der Waals surface area contributed by atoms with E-state index >= 15 is 0 Å². The lowest BCUT2D eigenvalue weighted by molar-refractivity contribution is -0.135. The molecular weight excluding hydrogens is 226 g/mol. The summed E-state index contributed by atoms with van der Waals surface area (Å²) >= 11 is 0. The van der Waals surface area contributed by atoms with Crippen LogP contribution in [0.5, 0.6) is 0 Å². The third-order valence-electron chi connectivity index (χ3n) is 2.53. The van der Waals surface area contributed by atoms with Crippen molar-refractivity contribution in [2.45, 2.75) is 12.1 Å². The zero-order valence-electron chi connectivity index (χ0n) is 10.1. The Bertz CT molecular complexity index is 275. The number of likely N-dealkylation sites (N-methyl/N-ethyl adjacent to an activating group) is 1. The third-order valence-corrected chi connectivity index (χ3v) is 2.53. The molecule has 2 atom stereocenters. The molecule has 1 fully saturated rings. The molecule has 0 aromatic heterocycles. The molecule has 1 heterocycles. The molecule has 2 unspecified atom stereocenters. The molecule has 1 rings (SSSR count). The number of nitrogens with zero attached hydrogens (tertiary/aromatic N) is 1. The molecule has 0 aromatic rings. The number of hydrogen-bond donors (Lipinski definition) is 3. The standard InChI is InChI=1S/C10H19N3O4/c1-13(5-7(14)6-17-2)10(16)8-3-12-9(15)4-11-8/h7-8,11,14H,3-6H2,1-2H3,(H,12,15). The highest BCUT2D eigenvalue weighted by Gasteiger charge is 2.26. The number of carbonyl (C=O) groups is 2. The van der Waals surface area contributed by atoms with Crippen LogP contribution in [0.3, 0.4) is 0 Å². The van der Waals surface area contributed by atoms with Gasteiger partial charge in [0, 0.05) is 27.2 Å². The van der Waals surface area contributed by atoms with Gasteiger partial charge < -0.3 is 20.1 Å². The van der Waals surface area contributed by atoms with Crippen LogP contribution in [0, 0.1) is 0 Å². The smallest absolute Gasteiger partial charge is 0.241 e. The topological polar surface area (TPSA) is 90.9 Å². The minimum Gasteiger partial charge on any atom is -0.389 e. The van der Waals surface area contributed by atoms with E-state index < -0.39 is 12.1 Å². The number of ether oxygens (including phenoxy) is 1. The Hall–Kier alpha value is -1.18. The van der Waals surface area contributed by atoms with E-state index in [1.807, 2.05) is 0 Å². The van der Waals surface area contributed by atoms with E-state index in [4.69, 9.17) is 4.74 Å². The summed E-state index contributed by atoms with van der Waals surface area (Å²) in [5.74, 6) is -0.267. The number of hydrogen-bond acceptors (Lipinski definition) is 5. The second-order valence-electron chi connectivity index (χ2n) is 4.07. The van der Waals surface area contributed by atoms with E-state index in [-0.39, 0.29) is 38.1 Å². The first kappa shape index (κ1) is 13.9. The highest BCUT2D eigenvalue weighted by molar-refractivity contribution is 5.86. The van der Waals surface area contributed by atoms with Gasteiger partial charge in [-0.15, -0.1) is 0 Å². The molecule has 0 bridgehead atoms. The highest BCUT2D eigenvalue weighted by atomic mass is 16.5. The average Bonchev–Trinajstić information content (AvgIpc) is 2.29. The van der Waals surface area contributed by atoms with Crippen molar-refractivity contribution in [3.8, 4) is 0 Å². The first-order chi connectivity index (χ1) is 8.04. The van der Waals surface area contributed by atoms with Gasteiger partial charge in [-0.25, -0.2) is 0 Å². The number of aliphatic hydroxyl groups is 1. The van der Waals surface area contributed by atoms with Crippen LogP contribution in [-0.2, 0) is 14.3 Å². The number of amides is 2. The minimum absolute atomic E-state index is 0.115. The van der Waals surface area contributed by atoms with Gasteiger partial charge in [0.1, 0.15) is 6.04 Å². The molecule has 1 aliphatic rings. The first-order valence-electron chi connectivity index (χ1n) is 5.46. The Labute approximate surface area is 100 Å². The normalized spacial score (nSPS) is 21.8. The molecule has 0 aliphatic carbocycles. The second-order valence-corrected chi connectivity index (χ2v) is 4.07. The lowest BCUT2D eigenvalue weighted by Gasteiger charge is -2.28. The van der Waals surface area contributed by atoms with Gasteiger partial charge in [-0.05, 0) is 0 Å². The van der Waals surface area contributed by atoms with Crippen molar-refractivity contribution in [1.29, 1.82) is 0 Å². The van der Waals surface area contributed by atoms with E-state index in [0.717, 1.165) is 0 Å². The molecule has 98 valence electrons. The molecule has 1 aliphatic heterocycles. The van der Waals surface area contributed by atoms with Gasteiger partial charge in [0.05, 0.1) is 19.3 Å². The lowest BCUT2D eigenvalue weighted by Crippen LogP contribution is -2.58. The van der Waals surface area contributed by atoms with E-state index in [1.54, 1.807) is 7.05 Å². The fourth-order valence-corrected chi connectivity index (χ4v) is 1.66. The summed E-state index contributed by atoms with van der Waals surface area (Å²) in [7, 11) is 3.10. The van der Waals surface area contributed by atoms with Crippen LogP contribution >= 0.6 is 0 Å². The molecular formula is C10H19N3O4. The summed E-state index contributed by atoms with van der Waals surface area (Å²) in [4.78, 5) is 24.2. The van der Waals surface area contributed by atoms with Crippen molar-refractivity contribution < 1.29 is 19.4 Å². The molecule has 1 saturated heterocycles. The van der Waals surface area contributed by atoms with Crippen LogP contribution in [0.25, 0.3) is 0 Å². The summed E-state index contributed by atoms with van der Waals surface area (Å²) < 4.78 is 4.78. The predicted octanol–water partition coefficient (Wildman–Crippen LogP) is -2.46. The van der Waals surface area contributed by atoms with E-state index in [0.29, 0.717) is 0 Å². The molecule has 2 amide bonds. The zero-order chi connectivity index (χ0) is 12.8. The number of piperazine rings is 1. The number of nitrogens with one attached hydrogen (secondary N) is 2. The van der Waals surface area contributed by atoms with Gasteiger partial charge in [0.15, 0.2) is 0 Å². The van der Waals surface area contributed by atoms with Crippen LogP contribution in [0.4, 0.5) is 0 Å². The van der Waals surface area contributed by atoms with Crippen molar-refractivity contribution in [3.63, 3.8) is 0 Å². The van der Waals surface area contributed by atoms with Gasteiger partial charge in [-0.3, -0.25) is 14.9 Å². The molecule has 17 heavy (non-hydrogen) atoms. The van der Waals surface area contributed by atoms with Crippen LogP contribution in [0.1, 0.15) is 0 Å². The Morgan fingerprint density at radius 3 is 2.94 bits per heavy atom. The number of aliphatic hydroxyl groups excluding tert-OH is 1. The Morgan fingerprint density at radius 2 is 2.41 bits per heavy atom. The van der Waals surface area contributed by atoms with E-state index in [2.05, 4.69) is 10.6 Å². The monoisotopic (exact) mass is 245 g/mol. The molecule has 0 aromatic carbocycles. The third kappa shape index (κ3) is 4.29. The lowest BCUT2D eigenvalue weighted by atomic mass is 10.2. The molecule has 7 heteroatoms. The van der Waals surface area contributed by atoms with Crippen LogP contribution in [0.2, 0.25) is 0 Å². The number of carbonyl (C=O) groups excluding carboxylic acids is 2. The van der Waals surface area contributed by atoms with Gasteiger partial charge in [-0.2, -0.15) is 0 Å². The largest absolute Gasteiger partial charge is 0.389 e. The van der Waals surface area contributed by atoms with Crippen molar-refractivity contribution in [1.82, 2.24) is 15.5 Å². The number of rotatable bonds is 5. The fourth-order valence-electron chi connectivity index (χ4n) is 1.66. The van der Waals surface area contributed by atoms with E-state index in [9.17, 15) is 14.7 Å². The summed E-state index contributed by atoms with van der Waals surface area (Å²) in [6, 6.07) is -0.424. The summed E-state index contributed by atoms with van der Waals surface area (Å²) in [5, 5.41) is 14.9. The summed E-state index contributed by atoms with van der Waals surface area (Å²) in [6.45, 7) is 0.818. The van der Waals surface area contributed by atoms with Crippen molar-refractivity contribution in [2.24, 2.45) is 0 Å². The Morgan fingerprint density at radius 1 is 1.71 bits per heavy atom. The fraction of sp³-hybridized carbons (Fsp3) is 0.800. The zero-order valence-corrected chi connectivity index (χ0v) is 10.1. The van der Waals surface area contributed by atoms with Crippen LogP contribution in [0.15, 0.2) is 0 Å². The summed E-state index contributed by atoms with van der Waals surface area (Å²) in [5.41, 5.74) is 0. The molecule has 0 radical (unpaired) electrons. The van der Waals surface area contributed by atoms with Crippen LogP contribution in [-0.4, -0.2) is 74.4 Å². The minimum atomic E-state index is -0.702. The first-order valence-corrected chi connectivity index (χ1v) is 5.46. The number of methoxy groups -OCH3 is 1. The average molecular weight is 245 g/mol. The quantitative estimate of drug-likeness (QED) is 0.500. The SMILES string of the molecule is COCC(O)CN(C)C(=O)C1CNC(=O)CN1. The highest BCUT2D eigenvalue weighted by Crippen LogP contribution is 1.97. The molecule has 0 spiro atoms. The van der Waals surface area contributed by atoms with Gasteiger partial charge in [0.25, 0.3) is 0 Å². The van der Waals surface area contributed by atoms with E-state index in [1.165, 1.54) is 12.0 Å². The van der Waals surface area contributed by atoms with Gasteiger partial charge >= 0.3 is 0 Å². The summed E-state index contributed by atoms with van der Waals surface area (Å²) in [6.07, 6.45) is -0.702. The molecule has 7 nitrogen and oxygen atoms in total. The van der Waals surface area contributed by atoms with Crippen LogP contribution < -0.4 is 10.6 Å². The van der Waals surface area contributed by atoms with Crippen molar-refractivity contribution >= 4 is 11.8 Å². The Kier molecular flexibility index (Phi) is 5.33. The van der Waals surface area contributed by atoms with Crippen molar-refractivity contribution in [2.75, 3.05) is 40.4 Å². The second kappa shape index (κ2) is 6.53. The van der Waals surface area contributed by atoms with Gasteiger partial charge in [-0.1, -0.05) is 0 Å². The maximum Gasteiger partial charge on any atom is 0.241 e. The van der Waals surface area contributed by atoms with Gasteiger partial charge in [0.2, 0.25) is 11.8 Å². The maximum atomic E-state index is 11.9. The molecule has 0 saturated carbocycles. The predicted molar refractivity (Wildman–Crippen MR) is 60.3 cm³/mol. The Balaban J connectivity index is 2.38.